The lowest BCUT2D eigenvalue weighted by Crippen LogP contribution is -2.16. The van der Waals surface area contributed by atoms with Crippen molar-refractivity contribution in [2.24, 2.45) is 0 Å². The highest BCUT2D eigenvalue weighted by Crippen LogP contribution is 2.17. The molecule has 2 aromatic heterocycles. The molecule has 0 aliphatic rings. The minimum absolute atomic E-state index is 0.429. The summed E-state index contributed by atoms with van der Waals surface area (Å²) in [6, 6.07) is 6.27. The van der Waals surface area contributed by atoms with Crippen LogP contribution in [0.2, 0.25) is 0 Å². The van der Waals surface area contributed by atoms with E-state index in [1.807, 2.05) is 24.4 Å². The minimum atomic E-state index is 0.429. The summed E-state index contributed by atoms with van der Waals surface area (Å²) in [7, 11) is 0. The zero-order valence-corrected chi connectivity index (χ0v) is 9.59. The lowest BCUT2D eigenvalue weighted by atomic mass is 10.2. The Balaban J connectivity index is 2.31. The fourth-order valence-electron chi connectivity index (χ4n) is 1.45. The average Bonchev–Trinajstić information content (AvgIpc) is 2.83. The second kappa shape index (κ2) is 4.79. The van der Waals surface area contributed by atoms with Crippen LogP contribution in [0.3, 0.4) is 0 Å². The van der Waals surface area contributed by atoms with Crippen LogP contribution in [0.4, 0.5) is 5.69 Å². The van der Waals surface area contributed by atoms with Crippen molar-refractivity contribution in [1.29, 1.82) is 0 Å². The number of pyridine rings is 1. The van der Waals surface area contributed by atoms with Gasteiger partial charge in [0, 0.05) is 24.6 Å². The van der Waals surface area contributed by atoms with E-state index in [0.717, 1.165) is 17.9 Å². The van der Waals surface area contributed by atoms with Crippen molar-refractivity contribution in [1.82, 2.24) is 14.8 Å². The van der Waals surface area contributed by atoms with Gasteiger partial charge in [0.1, 0.15) is 0 Å². The molecule has 1 atom stereocenters. The van der Waals surface area contributed by atoms with Gasteiger partial charge in [-0.2, -0.15) is 5.10 Å². The first-order chi connectivity index (χ1) is 7.81. The fourth-order valence-corrected chi connectivity index (χ4v) is 1.45. The molecule has 0 fully saturated rings. The van der Waals surface area contributed by atoms with Crippen molar-refractivity contribution in [2.75, 3.05) is 5.32 Å². The van der Waals surface area contributed by atoms with Crippen molar-refractivity contribution in [3.05, 3.63) is 36.8 Å². The summed E-state index contributed by atoms with van der Waals surface area (Å²) in [5, 5.41) is 7.62. The highest BCUT2D eigenvalue weighted by atomic mass is 15.3. The highest BCUT2D eigenvalue weighted by molar-refractivity contribution is 5.56. The van der Waals surface area contributed by atoms with Crippen LogP contribution in [0.15, 0.2) is 36.8 Å². The molecular formula is C12H16N4. The smallest absolute Gasteiger partial charge is 0.176 e. The zero-order chi connectivity index (χ0) is 11.4. The largest absolute Gasteiger partial charge is 0.380 e. The van der Waals surface area contributed by atoms with Crippen molar-refractivity contribution in [3.63, 3.8) is 0 Å². The maximum atomic E-state index is 4.35. The van der Waals surface area contributed by atoms with Gasteiger partial charge in [0.25, 0.3) is 0 Å². The van der Waals surface area contributed by atoms with E-state index >= 15 is 0 Å². The van der Waals surface area contributed by atoms with Gasteiger partial charge in [-0.05, 0) is 31.5 Å². The topological polar surface area (TPSA) is 42.7 Å². The minimum Gasteiger partial charge on any atom is -0.380 e. The molecule has 0 aliphatic heterocycles. The summed E-state index contributed by atoms with van der Waals surface area (Å²) < 4.78 is 1.77. The first kappa shape index (κ1) is 10.7. The van der Waals surface area contributed by atoms with Gasteiger partial charge in [-0.1, -0.05) is 6.92 Å². The van der Waals surface area contributed by atoms with Gasteiger partial charge in [-0.3, -0.25) is 0 Å². The molecule has 0 bridgehead atoms. The van der Waals surface area contributed by atoms with E-state index in [1.54, 1.807) is 17.1 Å². The van der Waals surface area contributed by atoms with Gasteiger partial charge in [-0.25, -0.2) is 9.67 Å². The van der Waals surface area contributed by atoms with Gasteiger partial charge < -0.3 is 5.32 Å². The van der Waals surface area contributed by atoms with E-state index in [4.69, 9.17) is 0 Å². The summed E-state index contributed by atoms with van der Waals surface area (Å²) in [4.78, 5) is 4.35. The van der Waals surface area contributed by atoms with E-state index in [1.165, 1.54) is 0 Å². The maximum absolute atomic E-state index is 4.35. The highest BCUT2D eigenvalue weighted by Gasteiger charge is 2.07. The van der Waals surface area contributed by atoms with Gasteiger partial charge in [0.15, 0.2) is 5.82 Å². The Kier molecular flexibility index (Phi) is 3.19. The number of nitrogens with zero attached hydrogens (tertiary/aromatic N) is 3. The maximum Gasteiger partial charge on any atom is 0.176 e. The third-order valence-corrected chi connectivity index (χ3v) is 2.52. The van der Waals surface area contributed by atoms with Crippen molar-refractivity contribution in [3.8, 4) is 5.82 Å². The first-order valence-electron chi connectivity index (χ1n) is 5.53. The van der Waals surface area contributed by atoms with E-state index in [-0.39, 0.29) is 0 Å². The molecule has 0 saturated heterocycles. The molecule has 2 heterocycles. The van der Waals surface area contributed by atoms with Crippen molar-refractivity contribution >= 4 is 5.69 Å². The van der Waals surface area contributed by atoms with Crippen molar-refractivity contribution in [2.45, 2.75) is 26.3 Å². The van der Waals surface area contributed by atoms with Gasteiger partial charge in [0.2, 0.25) is 0 Å². The SMILES string of the molecule is CCC(C)Nc1cccnc1-n1cccn1. The summed E-state index contributed by atoms with van der Waals surface area (Å²) >= 11 is 0. The first-order valence-corrected chi connectivity index (χ1v) is 5.53. The fraction of sp³-hybridized carbons (Fsp3) is 0.333. The monoisotopic (exact) mass is 216 g/mol. The lowest BCUT2D eigenvalue weighted by Gasteiger charge is -2.15. The molecule has 0 saturated carbocycles. The Labute approximate surface area is 95.3 Å². The van der Waals surface area contributed by atoms with E-state index in [9.17, 15) is 0 Å². The molecule has 1 N–H and O–H groups in total. The molecule has 4 heteroatoms. The van der Waals surface area contributed by atoms with E-state index in [2.05, 4.69) is 29.2 Å². The summed E-state index contributed by atoms with van der Waals surface area (Å²) in [6.45, 7) is 4.31. The Morgan fingerprint density at radius 3 is 2.94 bits per heavy atom. The van der Waals surface area contributed by atoms with Crippen LogP contribution in [0.25, 0.3) is 5.82 Å². The van der Waals surface area contributed by atoms with Gasteiger partial charge >= 0.3 is 0 Å². The van der Waals surface area contributed by atoms with Crippen LogP contribution >= 0.6 is 0 Å². The number of rotatable bonds is 4. The number of hydrogen-bond donors (Lipinski definition) is 1. The molecule has 84 valence electrons. The molecule has 1 unspecified atom stereocenters. The van der Waals surface area contributed by atoms with Gasteiger partial charge in [0.05, 0.1) is 5.69 Å². The Morgan fingerprint density at radius 1 is 1.38 bits per heavy atom. The van der Waals surface area contributed by atoms with Gasteiger partial charge in [-0.15, -0.1) is 0 Å². The third-order valence-electron chi connectivity index (χ3n) is 2.52. The Morgan fingerprint density at radius 2 is 2.25 bits per heavy atom. The van der Waals surface area contributed by atoms with Crippen LogP contribution in [0.1, 0.15) is 20.3 Å². The molecule has 0 aromatic carbocycles. The summed E-state index contributed by atoms with van der Waals surface area (Å²) in [5.74, 6) is 0.841. The van der Waals surface area contributed by atoms with Crippen molar-refractivity contribution < 1.29 is 0 Å². The standard InChI is InChI=1S/C12H16N4/c1-3-10(2)15-11-6-4-7-13-12(11)16-9-5-8-14-16/h4-10,15H,3H2,1-2H3. The second-order valence-electron chi connectivity index (χ2n) is 3.78. The lowest BCUT2D eigenvalue weighted by molar-refractivity contribution is 0.756. The molecule has 4 nitrogen and oxygen atoms in total. The number of aromatic nitrogens is 3. The molecule has 0 radical (unpaired) electrons. The molecule has 0 aliphatic carbocycles. The molecular weight excluding hydrogens is 200 g/mol. The average molecular weight is 216 g/mol. The molecule has 16 heavy (non-hydrogen) atoms. The number of nitrogens with one attached hydrogen (secondary N) is 1. The Bertz CT molecular complexity index is 436. The molecule has 0 spiro atoms. The summed E-state index contributed by atoms with van der Waals surface area (Å²) in [5.41, 5.74) is 1.01. The van der Waals surface area contributed by atoms with Crippen LogP contribution in [0, 0.1) is 0 Å². The predicted molar refractivity (Wildman–Crippen MR) is 64.7 cm³/mol. The summed E-state index contributed by atoms with van der Waals surface area (Å²) in [6.07, 6.45) is 6.50. The van der Waals surface area contributed by atoms with Crippen LogP contribution in [-0.2, 0) is 0 Å². The third kappa shape index (κ3) is 2.21. The molecule has 2 aromatic rings. The van der Waals surface area contributed by atoms with Crippen LogP contribution in [0.5, 0.6) is 0 Å². The molecule has 0 amide bonds. The van der Waals surface area contributed by atoms with Crippen LogP contribution in [-0.4, -0.2) is 20.8 Å². The van der Waals surface area contributed by atoms with E-state index in [0.29, 0.717) is 6.04 Å². The predicted octanol–water partition coefficient (Wildman–Crippen LogP) is 2.48. The quantitative estimate of drug-likeness (QED) is 0.853. The Hall–Kier alpha value is -1.84. The number of anilines is 1. The zero-order valence-electron chi connectivity index (χ0n) is 9.59. The second-order valence-corrected chi connectivity index (χ2v) is 3.78. The molecule has 2 rings (SSSR count). The van der Waals surface area contributed by atoms with Crippen LogP contribution < -0.4 is 5.32 Å². The number of hydrogen-bond acceptors (Lipinski definition) is 3. The van der Waals surface area contributed by atoms with E-state index < -0.39 is 0 Å². The normalized spacial score (nSPS) is 12.4.